The smallest absolute Gasteiger partial charge is 0.243 e. The molecule has 27 heavy (non-hydrogen) atoms. The summed E-state index contributed by atoms with van der Waals surface area (Å²) in [5.74, 6) is 0. The summed E-state index contributed by atoms with van der Waals surface area (Å²) in [6, 6.07) is 0. The van der Waals surface area contributed by atoms with Crippen molar-refractivity contribution in [2.75, 3.05) is 13.2 Å². The van der Waals surface area contributed by atoms with Crippen LogP contribution in [-0.4, -0.2) is 50.1 Å². The molecule has 2 aromatic heterocycles. The van der Waals surface area contributed by atoms with Gasteiger partial charge in [-0.3, -0.25) is 8.42 Å². The van der Waals surface area contributed by atoms with Crippen molar-refractivity contribution in [1.82, 2.24) is 9.13 Å². The van der Waals surface area contributed by atoms with Gasteiger partial charge in [0.2, 0.25) is 12.7 Å². The quantitative estimate of drug-likeness (QED) is 0.245. The Hall–Kier alpha value is -1.79. The average Bonchev–Trinajstić information content (AvgIpc) is 3.15. The van der Waals surface area contributed by atoms with E-state index in [1.165, 1.54) is 0 Å². The molecule has 0 bridgehead atoms. The first-order valence-corrected chi connectivity index (χ1v) is 9.89. The molecule has 10 nitrogen and oxygen atoms in total. The zero-order valence-electron chi connectivity index (χ0n) is 15.8. The first-order chi connectivity index (χ1) is 12.7. The van der Waals surface area contributed by atoms with Gasteiger partial charge in [-0.05, 0) is 25.7 Å². The van der Waals surface area contributed by atoms with Gasteiger partial charge in [0.25, 0.3) is 0 Å². The summed E-state index contributed by atoms with van der Waals surface area (Å²) in [6.45, 7) is 2.60. The molecule has 0 aliphatic rings. The van der Waals surface area contributed by atoms with Gasteiger partial charge in [-0.25, -0.2) is 18.3 Å². The minimum atomic E-state index is -5.17. The van der Waals surface area contributed by atoms with Crippen molar-refractivity contribution in [3.8, 4) is 0 Å². The van der Waals surface area contributed by atoms with E-state index in [9.17, 15) is 0 Å². The second-order valence-corrected chi connectivity index (χ2v) is 6.72. The normalized spacial score (nSPS) is 10.6. The molecule has 0 fully saturated rings. The van der Waals surface area contributed by atoms with Crippen LogP contribution in [0.25, 0.3) is 0 Å². The Balaban J connectivity index is 0.000000405. The van der Waals surface area contributed by atoms with Gasteiger partial charge in [0.1, 0.15) is 24.8 Å². The van der Waals surface area contributed by atoms with Crippen LogP contribution >= 0.6 is 0 Å². The SMILES string of the molecule is C[n+]1ccn(CCCCO)c1.C[n+]1ccn(CCCCO)c1.O=S(=O)([O-])[O-]. The lowest BCUT2D eigenvalue weighted by atomic mass is 10.3. The van der Waals surface area contributed by atoms with Gasteiger partial charge in [-0.1, -0.05) is 0 Å². The Morgan fingerprint density at radius 2 is 1.15 bits per heavy atom. The molecule has 0 saturated heterocycles. The van der Waals surface area contributed by atoms with Crippen LogP contribution in [0.5, 0.6) is 0 Å². The highest BCUT2D eigenvalue weighted by atomic mass is 32.3. The number of aromatic nitrogens is 4. The van der Waals surface area contributed by atoms with Crippen LogP contribution in [0, 0.1) is 0 Å². The maximum atomic E-state index is 8.54. The number of aliphatic hydroxyl groups is 2. The molecule has 0 aliphatic heterocycles. The summed E-state index contributed by atoms with van der Waals surface area (Å²) in [7, 11) is -1.16. The fourth-order valence-electron chi connectivity index (χ4n) is 2.08. The first kappa shape index (κ1) is 25.2. The van der Waals surface area contributed by atoms with Crippen molar-refractivity contribution in [1.29, 1.82) is 0 Å². The Morgan fingerprint density at radius 3 is 1.37 bits per heavy atom. The molecule has 0 aromatic carbocycles. The van der Waals surface area contributed by atoms with Crippen LogP contribution in [0.1, 0.15) is 25.7 Å². The van der Waals surface area contributed by atoms with E-state index in [-0.39, 0.29) is 0 Å². The van der Waals surface area contributed by atoms with Crippen molar-refractivity contribution < 1.29 is 36.9 Å². The lowest BCUT2D eigenvalue weighted by Crippen LogP contribution is -2.23. The van der Waals surface area contributed by atoms with Gasteiger partial charge in [-0.15, -0.1) is 0 Å². The minimum absolute atomic E-state index is 0.299. The number of imidazole rings is 2. The van der Waals surface area contributed by atoms with E-state index in [1.54, 1.807) is 0 Å². The van der Waals surface area contributed by atoms with E-state index in [0.717, 1.165) is 38.8 Å². The van der Waals surface area contributed by atoms with Crippen LogP contribution < -0.4 is 9.13 Å². The predicted molar refractivity (Wildman–Crippen MR) is 94.3 cm³/mol. The molecular weight excluding hydrogens is 376 g/mol. The number of unbranched alkanes of at least 4 members (excludes halogenated alkanes) is 2. The fourth-order valence-corrected chi connectivity index (χ4v) is 2.08. The standard InChI is InChI=1S/2C8H15N2O.H2O4S/c2*1-9-5-6-10(8-9)4-2-3-7-11;1-5(2,3)4/h2*5-6,8,11H,2-4,7H2,1H3;(H2,1,2,3,4)/q2*+1;/p-2. The Labute approximate surface area is 160 Å². The molecule has 0 amide bonds. The third kappa shape index (κ3) is 17.4. The number of aryl methyl sites for hydroxylation is 4. The molecular formula is C16H30N4O6S. The summed E-state index contributed by atoms with van der Waals surface area (Å²) < 4.78 is 42.4. The van der Waals surface area contributed by atoms with Gasteiger partial charge in [0.05, 0.1) is 27.2 Å². The summed E-state index contributed by atoms with van der Waals surface area (Å²) in [5.41, 5.74) is 0. The van der Waals surface area contributed by atoms with Crippen LogP contribution in [0.2, 0.25) is 0 Å². The maximum Gasteiger partial charge on any atom is 0.243 e. The van der Waals surface area contributed by atoms with Gasteiger partial charge in [0, 0.05) is 23.6 Å². The summed E-state index contributed by atoms with van der Waals surface area (Å²) in [4.78, 5) is 0. The highest BCUT2D eigenvalue weighted by Crippen LogP contribution is 1.93. The average molecular weight is 407 g/mol. The molecule has 0 unspecified atom stereocenters. The number of rotatable bonds is 8. The van der Waals surface area contributed by atoms with Gasteiger partial charge >= 0.3 is 0 Å². The minimum Gasteiger partial charge on any atom is -0.759 e. The topological polar surface area (TPSA) is 138 Å². The molecule has 2 aromatic rings. The monoisotopic (exact) mass is 406 g/mol. The molecule has 156 valence electrons. The Morgan fingerprint density at radius 1 is 0.815 bits per heavy atom. The summed E-state index contributed by atoms with van der Waals surface area (Å²) in [6.07, 6.45) is 16.1. The van der Waals surface area contributed by atoms with E-state index in [4.69, 9.17) is 27.7 Å². The van der Waals surface area contributed by atoms with Crippen LogP contribution in [0.4, 0.5) is 0 Å². The maximum absolute atomic E-state index is 8.54. The van der Waals surface area contributed by atoms with Crippen molar-refractivity contribution in [2.45, 2.75) is 38.8 Å². The zero-order chi connectivity index (χ0) is 20.7. The third-order valence-corrected chi connectivity index (χ3v) is 3.30. The summed E-state index contributed by atoms with van der Waals surface area (Å²) >= 11 is 0. The van der Waals surface area contributed by atoms with E-state index in [0.29, 0.717) is 13.2 Å². The molecule has 0 radical (unpaired) electrons. The number of nitrogens with zero attached hydrogens (tertiary/aromatic N) is 4. The lowest BCUT2D eigenvalue weighted by molar-refractivity contribution is -0.671. The van der Waals surface area contributed by atoms with Crippen molar-refractivity contribution in [3.63, 3.8) is 0 Å². The molecule has 0 aliphatic carbocycles. The molecule has 2 N–H and O–H groups in total. The van der Waals surface area contributed by atoms with E-state index < -0.39 is 10.4 Å². The van der Waals surface area contributed by atoms with Crippen molar-refractivity contribution in [2.24, 2.45) is 14.1 Å². The van der Waals surface area contributed by atoms with E-state index >= 15 is 0 Å². The van der Waals surface area contributed by atoms with E-state index in [1.807, 2.05) is 60.7 Å². The lowest BCUT2D eigenvalue weighted by Gasteiger charge is -2.06. The van der Waals surface area contributed by atoms with Gasteiger partial charge in [-0.2, -0.15) is 0 Å². The van der Waals surface area contributed by atoms with Crippen LogP contribution in [0.15, 0.2) is 37.4 Å². The van der Waals surface area contributed by atoms with E-state index in [2.05, 4.69) is 9.13 Å². The second kappa shape index (κ2) is 14.3. The molecule has 2 heterocycles. The zero-order valence-corrected chi connectivity index (χ0v) is 16.7. The number of aliphatic hydroxyl groups excluding tert-OH is 2. The number of hydrogen-bond acceptors (Lipinski definition) is 6. The molecule has 0 atom stereocenters. The molecule has 0 spiro atoms. The Bertz CT molecular complexity index is 660. The van der Waals surface area contributed by atoms with Gasteiger partial charge < -0.3 is 19.3 Å². The second-order valence-electron chi connectivity index (χ2n) is 5.90. The molecule has 11 heteroatoms. The predicted octanol–water partition coefficient (Wildman–Crippen LogP) is -1.17. The Kier molecular flexibility index (Phi) is 13.3. The molecule has 2 rings (SSSR count). The summed E-state index contributed by atoms with van der Waals surface area (Å²) in [5, 5.41) is 17.1. The fraction of sp³-hybridized carbons (Fsp3) is 0.625. The third-order valence-electron chi connectivity index (χ3n) is 3.30. The number of hydrogen-bond donors (Lipinski definition) is 2. The highest BCUT2D eigenvalue weighted by Gasteiger charge is 1.98. The first-order valence-electron chi connectivity index (χ1n) is 8.56. The van der Waals surface area contributed by atoms with Crippen LogP contribution in [0.3, 0.4) is 0 Å². The highest BCUT2D eigenvalue weighted by molar-refractivity contribution is 7.79. The van der Waals surface area contributed by atoms with Crippen molar-refractivity contribution in [3.05, 3.63) is 37.4 Å². The largest absolute Gasteiger partial charge is 0.759 e. The van der Waals surface area contributed by atoms with Gasteiger partial charge in [0.15, 0.2) is 0 Å². The van der Waals surface area contributed by atoms with Crippen molar-refractivity contribution >= 4 is 10.4 Å². The van der Waals surface area contributed by atoms with Crippen LogP contribution in [-0.2, 0) is 37.6 Å². The molecule has 0 saturated carbocycles.